The van der Waals surface area contributed by atoms with Crippen molar-refractivity contribution >= 4 is 0 Å². The van der Waals surface area contributed by atoms with E-state index in [1.807, 2.05) is 25.3 Å². The maximum Gasteiger partial charge on any atom is 0.222 e. The lowest BCUT2D eigenvalue weighted by molar-refractivity contribution is 0.0170. The van der Waals surface area contributed by atoms with Crippen molar-refractivity contribution in [1.29, 1.82) is 0 Å². The van der Waals surface area contributed by atoms with E-state index < -0.39 is 0 Å². The van der Waals surface area contributed by atoms with Gasteiger partial charge in [0.2, 0.25) is 11.8 Å². The van der Waals surface area contributed by atoms with Crippen molar-refractivity contribution in [3.8, 4) is 0 Å². The molecule has 0 spiro atoms. The highest BCUT2D eigenvalue weighted by Gasteiger charge is 2.41. The molecular weight excluding hydrogens is 278 g/mol. The van der Waals surface area contributed by atoms with Crippen molar-refractivity contribution in [1.82, 2.24) is 15.2 Å². The molecule has 3 heterocycles. The highest BCUT2D eigenvalue weighted by Crippen LogP contribution is 2.40. The summed E-state index contributed by atoms with van der Waals surface area (Å²) in [5.41, 5.74) is 2.15. The Labute approximate surface area is 131 Å². The fourth-order valence-electron chi connectivity index (χ4n) is 2.96. The van der Waals surface area contributed by atoms with Crippen LogP contribution in [-0.2, 0) is 11.2 Å². The van der Waals surface area contributed by atoms with E-state index in [0.717, 1.165) is 24.3 Å². The van der Waals surface area contributed by atoms with Gasteiger partial charge >= 0.3 is 0 Å². The molecule has 0 unspecified atom stereocenters. The molecule has 0 amide bonds. The van der Waals surface area contributed by atoms with Gasteiger partial charge in [-0.2, -0.15) is 0 Å². The summed E-state index contributed by atoms with van der Waals surface area (Å²) in [6, 6.07) is 4.04. The Balaban J connectivity index is 1.74. The Kier molecular flexibility index (Phi) is 4.00. The van der Waals surface area contributed by atoms with E-state index in [9.17, 15) is 0 Å². The number of nitrogens with zero attached hydrogens (tertiary/aromatic N) is 3. The van der Waals surface area contributed by atoms with Crippen LogP contribution in [0.15, 0.2) is 22.7 Å². The Morgan fingerprint density at radius 1 is 1.23 bits per heavy atom. The molecule has 0 bridgehead atoms. The number of rotatable bonds is 3. The van der Waals surface area contributed by atoms with Gasteiger partial charge in [0.25, 0.3) is 0 Å². The van der Waals surface area contributed by atoms with Crippen molar-refractivity contribution < 1.29 is 9.15 Å². The van der Waals surface area contributed by atoms with Crippen LogP contribution in [0, 0.1) is 12.3 Å². The molecule has 0 aromatic carbocycles. The first kappa shape index (κ1) is 15.2. The van der Waals surface area contributed by atoms with Crippen LogP contribution in [0.3, 0.4) is 0 Å². The van der Waals surface area contributed by atoms with E-state index in [1.54, 1.807) is 0 Å². The third-order valence-electron chi connectivity index (χ3n) is 4.07. The first-order valence-corrected chi connectivity index (χ1v) is 7.79. The minimum Gasteiger partial charge on any atom is -0.425 e. The monoisotopic (exact) mass is 301 g/mol. The maximum atomic E-state index is 5.90. The molecule has 22 heavy (non-hydrogen) atoms. The summed E-state index contributed by atoms with van der Waals surface area (Å²) < 4.78 is 11.8. The van der Waals surface area contributed by atoms with Gasteiger partial charge in [0.05, 0.1) is 18.4 Å². The van der Waals surface area contributed by atoms with Gasteiger partial charge in [-0.05, 0) is 30.4 Å². The SMILES string of the molecule is Cc1ccc(Cc2nnc([C@H]3CCO[C@@H]3C(C)(C)C)o2)cn1. The zero-order chi connectivity index (χ0) is 15.7. The van der Waals surface area contributed by atoms with Gasteiger partial charge < -0.3 is 9.15 Å². The number of hydrogen-bond acceptors (Lipinski definition) is 5. The topological polar surface area (TPSA) is 61.0 Å². The summed E-state index contributed by atoms with van der Waals surface area (Å²) in [6.07, 6.45) is 3.54. The molecule has 2 atom stereocenters. The Hall–Kier alpha value is -1.75. The summed E-state index contributed by atoms with van der Waals surface area (Å²) in [5.74, 6) is 1.53. The van der Waals surface area contributed by atoms with Crippen LogP contribution in [0.2, 0.25) is 0 Å². The molecule has 1 aliphatic heterocycles. The van der Waals surface area contributed by atoms with E-state index in [2.05, 4.69) is 36.0 Å². The highest BCUT2D eigenvalue weighted by molar-refractivity contribution is 5.16. The molecule has 0 saturated carbocycles. The van der Waals surface area contributed by atoms with Crippen molar-refractivity contribution in [2.24, 2.45) is 5.41 Å². The molecule has 0 N–H and O–H groups in total. The molecule has 1 fully saturated rings. The molecule has 5 heteroatoms. The van der Waals surface area contributed by atoms with Crippen molar-refractivity contribution in [3.05, 3.63) is 41.4 Å². The first-order chi connectivity index (χ1) is 10.4. The summed E-state index contributed by atoms with van der Waals surface area (Å²) in [7, 11) is 0. The standard InChI is InChI=1S/C17H23N3O2/c1-11-5-6-12(10-18-11)9-14-19-20-16(22-14)13-7-8-21-15(13)17(2,3)4/h5-6,10,13,15H,7-9H2,1-4H3/t13-,15-/m0/s1. The molecule has 0 aliphatic carbocycles. The zero-order valence-electron chi connectivity index (χ0n) is 13.7. The normalized spacial score (nSPS) is 22.2. The van der Waals surface area contributed by atoms with Gasteiger partial charge in [0, 0.05) is 18.5 Å². The smallest absolute Gasteiger partial charge is 0.222 e. The van der Waals surface area contributed by atoms with Gasteiger partial charge in [0.1, 0.15) is 0 Å². The Morgan fingerprint density at radius 3 is 2.73 bits per heavy atom. The van der Waals surface area contributed by atoms with Gasteiger partial charge in [0.15, 0.2) is 0 Å². The first-order valence-electron chi connectivity index (χ1n) is 7.79. The van der Waals surface area contributed by atoms with E-state index in [1.165, 1.54) is 0 Å². The van der Waals surface area contributed by atoms with Crippen LogP contribution in [0.1, 0.15) is 56.1 Å². The molecule has 118 valence electrons. The third kappa shape index (κ3) is 3.19. The van der Waals surface area contributed by atoms with E-state index in [0.29, 0.717) is 18.2 Å². The summed E-state index contributed by atoms with van der Waals surface area (Å²) in [4.78, 5) is 4.29. The van der Waals surface area contributed by atoms with Crippen molar-refractivity contribution in [2.75, 3.05) is 6.61 Å². The van der Waals surface area contributed by atoms with E-state index in [4.69, 9.17) is 9.15 Å². The van der Waals surface area contributed by atoms with Crippen LogP contribution in [-0.4, -0.2) is 27.9 Å². The van der Waals surface area contributed by atoms with Crippen LogP contribution < -0.4 is 0 Å². The van der Waals surface area contributed by atoms with Crippen LogP contribution in [0.25, 0.3) is 0 Å². The van der Waals surface area contributed by atoms with Crippen molar-refractivity contribution in [2.45, 2.75) is 52.6 Å². The summed E-state index contributed by atoms with van der Waals surface area (Å²) in [6.45, 7) is 9.29. The van der Waals surface area contributed by atoms with E-state index >= 15 is 0 Å². The molecule has 5 nitrogen and oxygen atoms in total. The molecule has 1 aliphatic rings. The van der Waals surface area contributed by atoms with Crippen LogP contribution in [0.4, 0.5) is 0 Å². The lowest BCUT2D eigenvalue weighted by Crippen LogP contribution is -2.30. The summed E-state index contributed by atoms with van der Waals surface area (Å²) >= 11 is 0. The second-order valence-electron chi connectivity index (χ2n) is 7.07. The minimum absolute atomic E-state index is 0.0661. The number of aryl methyl sites for hydroxylation is 1. The average molecular weight is 301 g/mol. The lowest BCUT2D eigenvalue weighted by atomic mass is 9.81. The minimum atomic E-state index is 0.0661. The van der Waals surface area contributed by atoms with Crippen LogP contribution in [0.5, 0.6) is 0 Å². The fourth-order valence-corrected chi connectivity index (χ4v) is 2.96. The van der Waals surface area contributed by atoms with Crippen molar-refractivity contribution in [3.63, 3.8) is 0 Å². The third-order valence-corrected chi connectivity index (χ3v) is 4.07. The largest absolute Gasteiger partial charge is 0.425 e. The van der Waals surface area contributed by atoms with Gasteiger partial charge in [-0.3, -0.25) is 4.98 Å². The second-order valence-corrected chi connectivity index (χ2v) is 7.07. The average Bonchev–Trinajstić information content (AvgIpc) is 3.09. The number of aromatic nitrogens is 3. The van der Waals surface area contributed by atoms with Crippen LogP contribution >= 0.6 is 0 Å². The molecular formula is C17H23N3O2. The van der Waals surface area contributed by atoms with Gasteiger partial charge in [-0.25, -0.2) is 0 Å². The Morgan fingerprint density at radius 2 is 2.05 bits per heavy atom. The summed E-state index contributed by atoms with van der Waals surface area (Å²) in [5, 5.41) is 8.45. The fraction of sp³-hybridized carbons (Fsp3) is 0.588. The Bertz CT molecular complexity index is 628. The maximum absolute atomic E-state index is 5.90. The molecule has 1 saturated heterocycles. The second kappa shape index (κ2) is 5.80. The van der Waals surface area contributed by atoms with Gasteiger partial charge in [-0.1, -0.05) is 26.8 Å². The predicted octanol–water partition coefficient (Wildman–Crippen LogP) is 3.28. The quantitative estimate of drug-likeness (QED) is 0.870. The zero-order valence-corrected chi connectivity index (χ0v) is 13.7. The number of pyridine rings is 1. The number of ether oxygens (including phenoxy) is 1. The predicted molar refractivity (Wildman–Crippen MR) is 82.6 cm³/mol. The molecule has 3 rings (SSSR count). The van der Waals surface area contributed by atoms with E-state index in [-0.39, 0.29) is 17.4 Å². The lowest BCUT2D eigenvalue weighted by Gasteiger charge is -2.29. The number of hydrogen-bond donors (Lipinski definition) is 0. The highest BCUT2D eigenvalue weighted by atomic mass is 16.5. The molecule has 2 aromatic rings. The molecule has 0 radical (unpaired) electrons. The molecule has 2 aromatic heterocycles. The van der Waals surface area contributed by atoms with Gasteiger partial charge in [-0.15, -0.1) is 10.2 Å².